The van der Waals surface area contributed by atoms with E-state index in [0.29, 0.717) is 19.0 Å². The lowest BCUT2D eigenvalue weighted by Crippen LogP contribution is -2.40. The average molecular weight is 469 g/mol. The van der Waals surface area contributed by atoms with Gasteiger partial charge < -0.3 is 19.5 Å². The van der Waals surface area contributed by atoms with Gasteiger partial charge in [-0.25, -0.2) is 8.42 Å². The normalized spacial score (nSPS) is 15.8. The van der Waals surface area contributed by atoms with Gasteiger partial charge in [-0.3, -0.25) is 4.79 Å². The van der Waals surface area contributed by atoms with E-state index in [2.05, 4.69) is 5.32 Å². The number of nitrogens with zero attached hydrogens (tertiary/aromatic N) is 1. The second-order valence-corrected chi connectivity index (χ2v) is 9.27. The molecule has 8 nitrogen and oxygen atoms in total. The number of ether oxygens (including phenoxy) is 3. The van der Waals surface area contributed by atoms with E-state index in [0.717, 1.165) is 5.56 Å². The van der Waals surface area contributed by atoms with Gasteiger partial charge in [-0.05, 0) is 31.2 Å². The van der Waals surface area contributed by atoms with Crippen LogP contribution < -0.4 is 14.8 Å². The minimum atomic E-state index is -3.84. The summed E-state index contributed by atoms with van der Waals surface area (Å²) < 4.78 is 43.6. The lowest BCUT2D eigenvalue weighted by molar-refractivity contribution is -0.123. The molecule has 1 atom stereocenters. The highest BCUT2D eigenvalue weighted by atomic mass is 35.5. The zero-order valence-electron chi connectivity index (χ0n) is 17.3. The van der Waals surface area contributed by atoms with Crippen molar-refractivity contribution in [3.63, 3.8) is 0 Å². The SMILES string of the molecule is COc1ccccc1[C@H](C)NC(=O)COc1ccc(Cl)cc1S(=O)(=O)N1CCOCC1. The molecule has 0 spiro atoms. The van der Waals surface area contributed by atoms with E-state index in [1.807, 2.05) is 31.2 Å². The van der Waals surface area contributed by atoms with Crippen LogP contribution in [0.2, 0.25) is 5.02 Å². The number of carbonyl (C=O) groups excluding carboxylic acids is 1. The predicted octanol–water partition coefficient (Wildman–Crippen LogP) is 2.63. The Morgan fingerprint density at radius 1 is 1.19 bits per heavy atom. The molecule has 0 aliphatic carbocycles. The van der Waals surface area contributed by atoms with Gasteiger partial charge >= 0.3 is 0 Å². The molecular weight excluding hydrogens is 444 g/mol. The summed E-state index contributed by atoms with van der Waals surface area (Å²) >= 11 is 6.04. The van der Waals surface area contributed by atoms with Gasteiger partial charge in [-0.2, -0.15) is 4.31 Å². The van der Waals surface area contributed by atoms with Crippen molar-refractivity contribution < 1.29 is 27.4 Å². The fourth-order valence-corrected chi connectivity index (χ4v) is 5.06. The molecule has 1 aliphatic rings. The number of rotatable bonds is 8. The molecule has 1 fully saturated rings. The van der Waals surface area contributed by atoms with Gasteiger partial charge in [0.15, 0.2) is 6.61 Å². The number of benzene rings is 2. The van der Waals surface area contributed by atoms with Gasteiger partial charge in [0.1, 0.15) is 16.4 Å². The molecule has 0 bridgehead atoms. The molecule has 31 heavy (non-hydrogen) atoms. The number of para-hydroxylation sites is 1. The number of hydrogen-bond donors (Lipinski definition) is 1. The molecule has 1 aliphatic heterocycles. The number of halogens is 1. The van der Waals surface area contributed by atoms with Crippen molar-refractivity contribution in [3.8, 4) is 11.5 Å². The molecule has 10 heteroatoms. The van der Waals surface area contributed by atoms with Crippen LogP contribution in [-0.4, -0.2) is 58.7 Å². The van der Waals surface area contributed by atoms with Gasteiger partial charge in [0.25, 0.3) is 5.91 Å². The van der Waals surface area contributed by atoms with Gasteiger partial charge in [0.2, 0.25) is 10.0 Å². The van der Waals surface area contributed by atoms with E-state index in [-0.39, 0.29) is 41.4 Å². The Labute approximate surface area is 187 Å². The molecule has 0 aromatic heterocycles. The quantitative estimate of drug-likeness (QED) is 0.640. The summed E-state index contributed by atoms with van der Waals surface area (Å²) in [4.78, 5) is 12.4. The Hall–Kier alpha value is -2.33. The first-order valence-corrected chi connectivity index (χ1v) is 11.6. The van der Waals surface area contributed by atoms with Crippen molar-refractivity contribution in [2.24, 2.45) is 0 Å². The second kappa shape index (κ2) is 10.3. The van der Waals surface area contributed by atoms with E-state index >= 15 is 0 Å². The predicted molar refractivity (Wildman–Crippen MR) is 116 cm³/mol. The molecule has 3 rings (SSSR count). The van der Waals surface area contributed by atoms with Crippen LogP contribution in [0.25, 0.3) is 0 Å². The van der Waals surface area contributed by atoms with Gasteiger partial charge in [-0.15, -0.1) is 0 Å². The van der Waals surface area contributed by atoms with E-state index in [4.69, 9.17) is 25.8 Å². The van der Waals surface area contributed by atoms with Crippen molar-refractivity contribution in [2.75, 3.05) is 40.0 Å². The van der Waals surface area contributed by atoms with Crippen molar-refractivity contribution >= 4 is 27.5 Å². The summed E-state index contributed by atoms with van der Waals surface area (Å²) in [6.07, 6.45) is 0. The zero-order chi connectivity index (χ0) is 22.4. The number of carbonyl (C=O) groups is 1. The third-order valence-corrected chi connectivity index (χ3v) is 6.99. The molecule has 168 valence electrons. The van der Waals surface area contributed by atoms with E-state index in [9.17, 15) is 13.2 Å². The summed E-state index contributed by atoms with van der Waals surface area (Å²) in [6.45, 7) is 2.59. The van der Waals surface area contributed by atoms with Gasteiger partial charge in [-0.1, -0.05) is 29.8 Å². The minimum Gasteiger partial charge on any atom is -0.496 e. The molecule has 1 heterocycles. The Kier molecular flexibility index (Phi) is 7.77. The molecule has 0 radical (unpaired) electrons. The van der Waals surface area contributed by atoms with Crippen LogP contribution >= 0.6 is 11.6 Å². The van der Waals surface area contributed by atoms with Crippen LogP contribution in [-0.2, 0) is 19.6 Å². The van der Waals surface area contributed by atoms with Crippen molar-refractivity contribution in [1.82, 2.24) is 9.62 Å². The Bertz CT molecular complexity index is 1020. The highest BCUT2D eigenvalue weighted by molar-refractivity contribution is 7.89. The Balaban J connectivity index is 1.71. The maximum atomic E-state index is 13.1. The van der Waals surface area contributed by atoms with Crippen molar-refractivity contribution in [1.29, 1.82) is 0 Å². The topological polar surface area (TPSA) is 94.2 Å². The van der Waals surface area contributed by atoms with Crippen molar-refractivity contribution in [3.05, 3.63) is 53.1 Å². The molecular formula is C21H25ClN2O6S. The standard InChI is InChI=1S/C21H25ClN2O6S/c1-15(17-5-3-4-6-18(17)28-2)23-21(25)14-30-19-8-7-16(22)13-20(19)31(26,27)24-9-11-29-12-10-24/h3-8,13,15H,9-12,14H2,1-2H3,(H,23,25)/t15-/m0/s1. The van der Waals surface area contributed by atoms with Crippen LogP contribution in [0.15, 0.2) is 47.4 Å². The average Bonchev–Trinajstić information content (AvgIpc) is 2.78. The maximum Gasteiger partial charge on any atom is 0.258 e. The fraction of sp³-hybridized carbons (Fsp3) is 0.381. The minimum absolute atomic E-state index is 0.0657. The second-order valence-electron chi connectivity index (χ2n) is 6.93. The Morgan fingerprint density at radius 3 is 2.61 bits per heavy atom. The highest BCUT2D eigenvalue weighted by Crippen LogP contribution is 2.30. The van der Waals surface area contributed by atoms with Crippen molar-refractivity contribution in [2.45, 2.75) is 17.9 Å². The summed E-state index contributed by atoms with van der Waals surface area (Å²) in [5.74, 6) is 0.326. The first-order chi connectivity index (χ1) is 14.8. The van der Waals surface area contributed by atoms with Gasteiger partial charge in [0.05, 0.1) is 26.4 Å². The smallest absolute Gasteiger partial charge is 0.258 e. The zero-order valence-corrected chi connectivity index (χ0v) is 18.9. The number of hydrogen-bond acceptors (Lipinski definition) is 6. The van der Waals surface area contributed by atoms with Crippen LogP contribution in [0.1, 0.15) is 18.5 Å². The molecule has 0 unspecified atom stereocenters. The first kappa shape index (κ1) is 23.3. The molecule has 0 saturated carbocycles. The maximum absolute atomic E-state index is 13.1. The lowest BCUT2D eigenvalue weighted by atomic mass is 10.1. The van der Waals surface area contributed by atoms with Crippen LogP contribution in [0.5, 0.6) is 11.5 Å². The fourth-order valence-electron chi connectivity index (χ4n) is 3.26. The summed E-state index contributed by atoms with van der Waals surface area (Å²) in [7, 11) is -2.28. The van der Waals surface area contributed by atoms with Crippen LogP contribution in [0.3, 0.4) is 0 Å². The molecule has 1 N–H and O–H groups in total. The number of nitrogens with one attached hydrogen (secondary N) is 1. The number of morpholine rings is 1. The van der Waals surface area contributed by atoms with E-state index < -0.39 is 15.9 Å². The third-order valence-electron chi connectivity index (χ3n) is 4.84. The first-order valence-electron chi connectivity index (χ1n) is 9.75. The summed E-state index contributed by atoms with van der Waals surface area (Å²) in [6, 6.07) is 11.3. The highest BCUT2D eigenvalue weighted by Gasteiger charge is 2.30. The lowest BCUT2D eigenvalue weighted by Gasteiger charge is -2.27. The molecule has 1 amide bonds. The molecule has 2 aromatic carbocycles. The number of sulfonamides is 1. The van der Waals surface area contributed by atoms with E-state index in [1.165, 1.54) is 22.5 Å². The summed E-state index contributed by atoms with van der Waals surface area (Å²) in [5.41, 5.74) is 0.820. The summed E-state index contributed by atoms with van der Waals surface area (Å²) in [5, 5.41) is 3.09. The number of methoxy groups -OCH3 is 1. The Morgan fingerprint density at radius 2 is 1.90 bits per heavy atom. The molecule has 2 aromatic rings. The van der Waals surface area contributed by atoms with Gasteiger partial charge in [0, 0.05) is 23.7 Å². The molecule has 1 saturated heterocycles. The largest absolute Gasteiger partial charge is 0.496 e. The van der Waals surface area contributed by atoms with E-state index in [1.54, 1.807) is 7.11 Å². The number of amides is 1. The van der Waals surface area contributed by atoms with Crippen LogP contribution in [0, 0.1) is 0 Å². The van der Waals surface area contributed by atoms with Crippen LogP contribution in [0.4, 0.5) is 0 Å². The third kappa shape index (κ3) is 5.68. The monoisotopic (exact) mass is 468 g/mol.